The Morgan fingerprint density at radius 1 is 1.38 bits per heavy atom. The molecule has 1 N–H and O–H groups in total. The first-order valence-electron chi connectivity index (χ1n) is 10.2. The summed E-state index contributed by atoms with van der Waals surface area (Å²) in [5.41, 5.74) is 4.15. The normalized spacial score (nSPS) is 22.9. The molecule has 1 fully saturated rings. The van der Waals surface area contributed by atoms with Crippen molar-refractivity contribution in [1.82, 2.24) is 4.68 Å². The Kier molecular flexibility index (Phi) is 5.34. The molecule has 0 radical (unpaired) electrons. The van der Waals surface area contributed by atoms with Gasteiger partial charge < -0.3 is 10.1 Å². The van der Waals surface area contributed by atoms with Crippen LogP contribution in [0.4, 0.5) is 5.69 Å². The number of fused-ring (bicyclic) bond motifs is 1. The van der Waals surface area contributed by atoms with Crippen molar-refractivity contribution in [3.8, 4) is 17.0 Å². The van der Waals surface area contributed by atoms with Crippen LogP contribution in [0.5, 0.6) is 5.75 Å². The molecular weight excluding hydrogens is 384 g/mol. The first-order chi connectivity index (χ1) is 13.8. The summed E-state index contributed by atoms with van der Waals surface area (Å²) in [5, 5.41) is 10.1. The van der Waals surface area contributed by atoms with Crippen molar-refractivity contribution in [3.05, 3.63) is 28.4 Å². The van der Waals surface area contributed by atoms with E-state index >= 15 is 0 Å². The minimum atomic E-state index is -0.131. The standard InChI is InChI=1S/C22H28N4O2S/c1-5-23-21-26(25-16-8-14(2)10-22(3,4)11-16)18(13-29-21)15-6-7-19-17(9-15)24-20(27)12-28-19/h6-7,9,13-14H,5,8,10-12H2,1-4H3,(H,24,27). The van der Waals surface area contributed by atoms with Crippen molar-refractivity contribution in [2.45, 2.75) is 47.0 Å². The highest BCUT2D eigenvalue weighted by atomic mass is 32.1. The monoisotopic (exact) mass is 412 g/mol. The Labute approximate surface area is 175 Å². The molecule has 4 rings (SSSR count). The number of benzene rings is 1. The third-order valence-electron chi connectivity index (χ3n) is 5.30. The Bertz CT molecular complexity index is 1030. The topological polar surface area (TPSA) is 68.0 Å². The smallest absolute Gasteiger partial charge is 0.262 e. The van der Waals surface area contributed by atoms with E-state index in [9.17, 15) is 4.79 Å². The second kappa shape index (κ2) is 7.78. The predicted molar refractivity (Wildman–Crippen MR) is 118 cm³/mol. The molecule has 29 heavy (non-hydrogen) atoms. The molecule has 1 amide bonds. The average Bonchev–Trinajstić information content (AvgIpc) is 3.02. The van der Waals surface area contributed by atoms with Crippen LogP contribution in [-0.2, 0) is 4.79 Å². The van der Waals surface area contributed by atoms with Crippen LogP contribution in [0, 0.1) is 11.3 Å². The van der Waals surface area contributed by atoms with Crippen molar-refractivity contribution in [2.75, 3.05) is 18.5 Å². The number of nitrogens with zero attached hydrogens (tertiary/aromatic N) is 3. The van der Waals surface area contributed by atoms with Gasteiger partial charge in [0.2, 0.25) is 4.80 Å². The van der Waals surface area contributed by atoms with Gasteiger partial charge in [-0.05, 0) is 55.7 Å². The quantitative estimate of drug-likeness (QED) is 0.805. The van der Waals surface area contributed by atoms with E-state index in [-0.39, 0.29) is 17.9 Å². The summed E-state index contributed by atoms with van der Waals surface area (Å²) >= 11 is 1.59. The second-order valence-electron chi connectivity index (χ2n) is 8.76. The molecule has 0 spiro atoms. The maximum Gasteiger partial charge on any atom is 0.262 e. The summed E-state index contributed by atoms with van der Waals surface area (Å²) in [4.78, 5) is 17.3. The van der Waals surface area contributed by atoms with Gasteiger partial charge in [0.1, 0.15) is 5.75 Å². The predicted octanol–water partition coefficient (Wildman–Crippen LogP) is 4.52. The van der Waals surface area contributed by atoms with Gasteiger partial charge >= 0.3 is 0 Å². The number of carbonyl (C=O) groups is 1. The molecule has 1 atom stereocenters. The molecule has 1 aliphatic heterocycles. The van der Waals surface area contributed by atoms with Crippen molar-refractivity contribution in [1.29, 1.82) is 0 Å². The van der Waals surface area contributed by atoms with Gasteiger partial charge in [0.05, 0.1) is 11.4 Å². The van der Waals surface area contributed by atoms with Crippen molar-refractivity contribution in [2.24, 2.45) is 21.4 Å². The van der Waals surface area contributed by atoms with Gasteiger partial charge in [0.25, 0.3) is 5.91 Å². The number of thiazole rings is 1. The summed E-state index contributed by atoms with van der Waals surface area (Å²) in [5.74, 6) is 1.19. The lowest BCUT2D eigenvalue weighted by atomic mass is 9.72. The molecule has 7 heteroatoms. The lowest BCUT2D eigenvalue weighted by molar-refractivity contribution is -0.118. The van der Waals surface area contributed by atoms with Crippen LogP contribution in [0.15, 0.2) is 33.7 Å². The Morgan fingerprint density at radius 3 is 2.97 bits per heavy atom. The zero-order valence-electron chi connectivity index (χ0n) is 17.5. The minimum Gasteiger partial charge on any atom is -0.482 e. The number of hydrogen-bond donors (Lipinski definition) is 1. The summed E-state index contributed by atoms with van der Waals surface area (Å²) in [6.07, 6.45) is 3.24. The molecule has 2 heterocycles. The van der Waals surface area contributed by atoms with E-state index < -0.39 is 0 Å². The van der Waals surface area contributed by atoms with Gasteiger partial charge in [0.15, 0.2) is 6.61 Å². The lowest BCUT2D eigenvalue weighted by Gasteiger charge is -2.34. The molecule has 1 unspecified atom stereocenters. The fraction of sp³-hybridized carbons (Fsp3) is 0.500. The summed E-state index contributed by atoms with van der Waals surface area (Å²) in [6.45, 7) is 9.75. The number of rotatable bonds is 3. The van der Waals surface area contributed by atoms with Crippen molar-refractivity contribution < 1.29 is 9.53 Å². The minimum absolute atomic E-state index is 0.0615. The molecule has 1 saturated carbocycles. The van der Waals surface area contributed by atoms with Crippen LogP contribution in [-0.4, -0.2) is 29.4 Å². The van der Waals surface area contributed by atoms with Crippen LogP contribution in [0.1, 0.15) is 47.0 Å². The number of carbonyl (C=O) groups excluding carboxylic acids is 1. The van der Waals surface area contributed by atoms with Crippen LogP contribution >= 0.6 is 11.3 Å². The SMILES string of the molecule is CCN=c1scc(-c2ccc3c(c2)NC(=O)CO3)n1N=C1CC(C)CC(C)(C)C1. The molecule has 6 nitrogen and oxygen atoms in total. The highest BCUT2D eigenvalue weighted by Gasteiger charge is 2.30. The molecule has 0 bridgehead atoms. The van der Waals surface area contributed by atoms with Crippen LogP contribution < -0.4 is 14.9 Å². The van der Waals surface area contributed by atoms with Gasteiger partial charge in [0, 0.05) is 23.2 Å². The van der Waals surface area contributed by atoms with E-state index in [0.717, 1.165) is 28.9 Å². The highest BCUT2D eigenvalue weighted by molar-refractivity contribution is 7.07. The molecule has 1 aliphatic carbocycles. The molecule has 0 saturated heterocycles. The maximum atomic E-state index is 11.7. The van der Waals surface area contributed by atoms with E-state index in [4.69, 9.17) is 9.84 Å². The lowest BCUT2D eigenvalue weighted by Crippen LogP contribution is -2.29. The summed E-state index contributed by atoms with van der Waals surface area (Å²) in [6, 6.07) is 5.87. The number of nitrogens with one attached hydrogen (secondary N) is 1. The molecule has 154 valence electrons. The van der Waals surface area contributed by atoms with E-state index in [2.05, 4.69) is 36.5 Å². The molecule has 1 aromatic carbocycles. The van der Waals surface area contributed by atoms with Crippen LogP contribution in [0.25, 0.3) is 11.3 Å². The number of ether oxygens (including phenoxy) is 1. The fourth-order valence-electron chi connectivity index (χ4n) is 4.41. The van der Waals surface area contributed by atoms with Gasteiger partial charge in [-0.15, -0.1) is 11.3 Å². The van der Waals surface area contributed by atoms with Gasteiger partial charge in [-0.1, -0.05) is 20.8 Å². The van der Waals surface area contributed by atoms with Gasteiger partial charge in [-0.2, -0.15) is 5.10 Å². The zero-order valence-corrected chi connectivity index (χ0v) is 18.3. The summed E-state index contributed by atoms with van der Waals surface area (Å²) in [7, 11) is 0. The van der Waals surface area contributed by atoms with Crippen molar-refractivity contribution in [3.63, 3.8) is 0 Å². The second-order valence-corrected chi connectivity index (χ2v) is 9.59. The first kappa shape index (κ1) is 19.9. The number of anilines is 1. The third kappa shape index (κ3) is 4.29. The van der Waals surface area contributed by atoms with E-state index in [0.29, 0.717) is 23.9 Å². The Morgan fingerprint density at radius 2 is 2.21 bits per heavy atom. The first-order valence-corrected chi connectivity index (χ1v) is 11.1. The molecule has 2 aromatic rings. The third-order valence-corrected chi connectivity index (χ3v) is 6.15. The Balaban J connectivity index is 1.78. The molecular formula is C22H28N4O2S. The van der Waals surface area contributed by atoms with E-state index in [1.165, 1.54) is 12.1 Å². The number of aromatic nitrogens is 1. The fourth-order valence-corrected chi connectivity index (χ4v) is 5.31. The van der Waals surface area contributed by atoms with Gasteiger partial charge in [-0.25, -0.2) is 4.68 Å². The zero-order chi connectivity index (χ0) is 20.6. The molecule has 1 aromatic heterocycles. The van der Waals surface area contributed by atoms with Crippen molar-refractivity contribution >= 4 is 28.6 Å². The van der Waals surface area contributed by atoms with Crippen LogP contribution in [0.3, 0.4) is 0 Å². The van der Waals surface area contributed by atoms with Gasteiger partial charge in [-0.3, -0.25) is 9.79 Å². The van der Waals surface area contributed by atoms with Crippen LogP contribution in [0.2, 0.25) is 0 Å². The van der Waals surface area contributed by atoms with E-state index in [1.807, 2.05) is 29.8 Å². The average molecular weight is 413 g/mol. The Hall–Kier alpha value is -2.41. The number of hydrogen-bond acceptors (Lipinski definition) is 5. The maximum absolute atomic E-state index is 11.7. The molecule has 2 aliphatic rings. The number of amides is 1. The van der Waals surface area contributed by atoms with E-state index in [1.54, 1.807) is 11.3 Å². The highest BCUT2D eigenvalue weighted by Crippen LogP contribution is 2.37. The summed E-state index contributed by atoms with van der Waals surface area (Å²) < 4.78 is 7.47. The largest absolute Gasteiger partial charge is 0.482 e.